The van der Waals surface area contributed by atoms with Crippen LogP contribution in [0.5, 0.6) is 0 Å². The van der Waals surface area contributed by atoms with Crippen LogP contribution in [0.15, 0.2) is 0 Å². The number of halogens is 3. The second-order valence-electron chi connectivity index (χ2n) is 4.71. The van der Waals surface area contributed by atoms with Gasteiger partial charge in [0, 0.05) is 12.8 Å². The van der Waals surface area contributed by atoms with Crippen LogP contribution in [0.3, 0.4) is 0 Å². The number of hydrogen-bond acceptors (Lipinski definition) is 4. The predicted molar refractivity (Wildman–Crippen MR) is 53.5 cm³/mol. The quantitative estimate of drug-likeness (QED) is 0.681. The third kappa shape index (κ3) is 2.61. The van der Waals surface area contributed by atoms with Gasteiger partial charge in [0.2, 0.25) is 0 Å². The van der Waals surface area contributed by atoms with Crippen molar-refractivity contribution in [3.05, 3.63) is 0 Å². The summed E-state index contributed by atoms with van der Waals surface area (Å²) < 4.78 is 53.7. The summed E-state index contributed by atoms with van der Waals surface area (Å²) in [6.45, 7) is 0.525. The van der Waals surface area contributed by atoms with E-state index in [1.807, 2.05) is 0 Å². The van der Waals surface area contributed by atoms with E-state index < -0.39 is 29.8 Å². The van der Waals surface area contributed by atoms with Crippen molar-refractivity contribution in [2.45, 2.75) is 31.2 Å². The maximum Gasteiger partial charge on any atom is 0.392 e. The molecule has 104 valence electrons. The molecule has 2 aliphatic rings. The molecule has 0 N–H and O–H groups in total. The molecule has 2 rings (SSSR count). The lowest BCUT2D eigenvalue weighted by Gasteiger charge is -2.40. The monoisotopic (exact) mass is 268 g/mol. The number of rotatable bonds is 1. The van der Waals surface area contributed by atoms with Gasteiger partial charge in [0.15, 0.2) is 5.79 Å². The number of carbonyl (C=O) groups excluding carboxylic acids is 1. The van der Waals surface area contributed by atoms with E-state index in [9.17, 15) is 18.0 Å². The van der Waals surface area contributed by atoms with E-state index in [-0.39, 0.29) is 32.5 Å². The molecule has 1 spiro atoms. The van der Waals surface area contributed by atoms with Crippen molar-refractivity contribution in [2.24, 2.45) is 11.8 Å². The molecule has 0 aromatic rings. The van der Waals surface area contributed by atoms with E-state index in [1.165, 1.54) is 7.11 Å². The Bertz CT molecular complexity index is 323. The van der Waals surface area contributed by atoms with Crippen molar-refractivity contribution >= 4 is 5.97 Å². The van der Waals surface area contributed by atoms with E-state index in [1.54, 1.807) is 0 Å². The summed E-state index contributed by atoms with van der Waals surface area (Å²) in [5.74, 6) is -4.32. The topological polar surface area (TPSA) is 44.8 Å². The van der Waals surface area contributed by atoms with Crippen LogP contribution in [0.4, 0.5) is 13.2 Å². The molecule has 1 aliphatic heterocycles. The molecule has 0 aromatic carbocycles. The molecule has 18 heavy (non-hydrogen) atoms. The second-order valence-corrected chi connectivity index (χ2v) is 4.71. The highest BCUT2D eigenvalue weighted by atomic mass is 19.4. The molecule has 0 amide bonds. The minimum Gasteiger partial charge on any atom is -0.469 e. The van der Waals surface area contributed by atoms with E-state index in [0.29, 0.717) is 0 Å². The molecule has 0 unspecified atom stereocenters. The minimum absolute atomic E-state index is 0.131. The van der Waals surface area contributed by atoms with Gasteiger partial charge in [-0.3, -0.25) is 4.79 Å². The zero-order chi connectivity index (χ0) is 13.4. The first kappa shape index (κ1) is 13.6. The fourth-order valence-corrected chi connectivity index (χ4v) is 2.67. The van der Waals surface area contributed by atoms with Crippen molar-refractivity contribution in [2.75, 3.05) is 20.3 Å². The van der Waals surface area contributed by atoms with E-state index in [2.05, 4.69) is 4.74 Å². The van der Waals surface area contributed by atoms with Crippen molar-refractivity contribution in [1.29, 1.82) is 0 Å². The molecule has 1 aliphatic carbocycles. The van der Waals surface area contributed by atoms with Gasteiger partial charge < -0.3 is 14.2 Å². The summed E-state index contributed by atoms with van der Waals surface area (Å²) in [5.41, 5.74) is 0. The lowest BCUT2D eigenvalue weighted by molar-refractivity contribution is -0.253. The van der Waals surface area contributed by atoms with Gasteiger partial charge in [-0.2, -0.15) is 13.2 Å². The highest BCUT2D eigenvalue weighted by molar-refractivity contribution is 5.72. The number of hydrogen-bond donors (Lipinski definition) is 0. The molecule has 7 heteroatoms. The van der Waals surface area contributed by atoms with Crippen LogP contribution in [-0.4, -0.2) is 38.3 Å². The summed E-state index contributed by atoms with van der Waals surface area (Å²) in [6.07, 6.45) is -4.73. The number of alkyl halides is 3. The van der Waals surface area contributed by atoms with Gasteiger partial charge in [0.1, 0.15) is 0 Å². The highest BCUT2D eigenvalue weighted by Gasteiger charge is 2.54. The first-order valence-corrected chi connectivity index (χ1v) is 5.79. The van der Waals surface area contributed by atoms with Gasteiger partial charge in [0.05, 0.1) is 32.2 Å². The van der Waals surface area contributed by atoms with Gasteiger partial charge in [-0.05, 0) is 6.42 Å². The molecule has 1 saturated heterocycles. The Kier molecular flexibility index (Phi) is 3.55. The number of esters is 1. The van der Waals surface area contributed by atoms with Gasteiger partial charge in [-0.15, -0.1) is 0 Å². The van der Waals surface area contributed by atoms with Crippen LogP contribution in [-0.2, 0) is 19.0 Å². The SMILES string of the molecule is COC(=O)[C@@H]1C[C@H](C(F)(F)F)CC2(C1)OCCO2. The Labute approximate surface area is 102 Å². The van der Waals surface area contributed by atoms with Crippen molar-refractivity contribution in [3.8, 4) is 0 Å². The van der Waals surface area contributed by atoms with E-state index in [0.717, 1.165) is 0 Å². The zero-order valence-electron chi connectivity index (χ0n) is 9.96. The predicted octanol–water partition coefficient (Wildman–Crippen LogP) is 1.88. The van der Waals surface area contributed by atoms with Crippen LogP contribution in [0.2, 0.25) is 0 Å². The Morgan fingerprint density at radius 2 is 1.89 bits per heavy atom. The van der Waals surface area contributed by atoms with Gasteiger partial charge >= 0.3 is 12.1 Å². The zero-order valence-corrected chi connectivity index (χ0v) is 9.96. The summed E-state index contributed by atoms with van der Waals surface area (Å²) >= 11 is 0. The normalized spacial score (nSPS) is 31.6. The fraction of sp³-hybridized carbons (Fsp3) is 0.909. The Balaban J connectivity index is 2.18. The summed E-state index contributed by atoms with van der Waals surface area (Å²) in [4.78, 5) is 11.5. The Morgan fingerprint density at radius 3 is 2.39 bits per heavy atom. The molecule has 2 atom stereocenters. The number of carbonyl (C=O) groups is 1. The Morgan fingerprint density at radius 1 is 1.28 bits per heavy atom. The van der Waals surface area contributed by atoms with Crippen LogP contribution >= 0.6 is 0 Å². The molecule has 2 fully saturated rings. The smallest absolute Gasteiger partial charge is 0.392 e. The average Bonchev–Trinajstić information content (AvgIpc) is 2.74. The second kappa shape index (κ2) is 4.70. The maximum absolute atomic E-state index is 12.9. The average molecular weight is 268 g/mol. The highest BCUT2D eigenvalue weighted by Crippen LogP contribution is 2.47. The van der Waals surface area contributed by atoms with Crippen molar-refractivity contribution in [1.82, 2.24) is 0 Å². The molecule has 1 heterocycles. The molecule has 0 bridgehead atoms. The van der Waals surface area contributed by atoms with E-state index >= 15 is 0 Å². The molecule has 0 aromatic heterocycles. The Hall–Kier alpha value is -0.820. The summed E-state index contributed by atoms with van der Waals surface area (Å²) in [6, 6.07) is 0. The van der Waals surface area contributed by atoms with Gasteiger partial charge in [-0.1, -0.05) is 0 Å². The lowest BCUT2D eigenvalue weighted by atomic mass is 9.77. The lowest BCUT2D eigenvalue weighted by Crippen LogP contribution is -2.46. The van der Waals surface area contributed by atoms with Gasteiger partial charge in [0.25, 0.3) is 0 Å². The van der Waals surface area contributed by atoms with Crippen molar-refractivity contribution < 1.29 is 32.2 Å². The fourth-order valence-electron chi connectivity index (χ4n) is 2.67. The molecular weight excluding hydrogens is 253 g/mol. The molecule has 1 saturated carbocycles. The largest absolute Gasteiger partial charge is 0.469 e. The van der Waals surface area contributed by atoms with Crippen LogP contribution in [0, 0.1) is 11.8 Å². The van der Waals surface area contributed by atoms with Crippen LogP contribution < -0.4 is 0 Å². The third-order valence-electron chi connectivity index (χ3n) is 3.49. The molecule has 0 radical (unpaired) electrons. The first-order valence-electron chi connectivity index (χ1n) is 5.79. The first-order chi connectivity index (χ1) is 8.36. The van der Waals surface area contributed by atoms with Gasteiger partial charge in [-0.25, -0.2) is 0 Å². The number of methoxy groups -OCH3 is 1. The van der Waals surface area contributed by atoms with Crippen LogP contribution in [0.25, 0.3) is 0 Å². The standard InChI is InChI=1S/C11H15F3O4/c1-16-9(15)7-4-8(11(12,13)14)6-10(5-7)17-2-3-18-10/h7-8H,2-6H2,1H3/t7-,8+/m1/s1. The molecule has 4 nitrogen and oxygen atoms in total. The minimum atomic E-state index is -4.35. The van der Waals surface area contributed by atoms with E-state index in [4.69, 9.17) is 9.47 Å². The van der Waals surface area contributed by atoms with Crippen LogP contribution in [0.1, 0.15) is 19.3 Å². The third-order valence-corrected chi connectivity index (χ3v) is 3.49. The van der Waals surface area contributed by atoms with Crippen molar-refractivity contribution in [3.63, 3.8) is 0 Å². The summed E-state index contributed by atoms with van der Waals surface area (Å²) in [5, 5.41) is 0. The maximum atomic E-state index is 12.9. The number of ether oxygens (including phenoxy) is 3. The summed E-state index contributed by atoms with van der Waals surface area (Å²) in [7, 11) is 1.17. The molecular formula is C11H15F3O4.